The molecule has 132 valence electrons. The lowest BCUT2D eigenvalue weighted by Crippen LogP contribution is -2.31. The Hall–Kier alpha value is -2.31. The molecular weight excluding hydrogens is 362 g/mol. The number of rotatable bonds is 6. The highest BCUT2D eigenvalue weighted by Crippen LogP contribution is 2.28. The van der Waals surface area contributed by atoms with Gasteiger partial charge in [-0.15, -0.1) is 6.58 Å². The lowest BCUT2D eigenvalue weighted by atomic mass is 10.2. The van der Waals surface area contributed by atoms with Gasteiger partial charge in [0.1, 0.15) is 0 Å². The molecule has 0 aliphatic carbocycles. The van der Waals surface area contributed by atoms with Crippen LogP contribution in [-0.4, -0.2) is 28.0 Å². The molecule has 0 atom stereocenters. The molecule has 0 amide bonds. The Labute approximate surface area is 152 Å². The predicted octanol–water partition coefficient (Wildman–Crippen LogP) is 3.82. The fourth-order valence-electron chi connectivity index (χ4n) is 2.23. The largest absolute Gasteiger partial charge is 0.465 e. The van der Waals surface area contributed by atoms with Gasteiger partial charge in [-0.2, -0.15) is 0 Å². The number of sulfonamides is 1. The Morgan fingerprint density at radius 2 is 1.88 bits per heavy atom. The van der Waals surface area contributed by atoms with Crippen LogP contribution < -0.4 is 4.31 Å². The van der Waals surface area contributed by atoms with Crippen molar-refractivity contribution in [2.24, 2.45) is 0 Å². The smallest absolute Gasteiger partial charge is 0.339 e. The first kappa shape index (κ1) is 19.0. The van der Waals surface area contributed by atoms with Crippen LogP contribution in [0.3, 0.4) is 0 Å². The lowest BCUT2D eigenvalue weighted by molar-refractivity contribution is 0.0601. The van der Waals surface area contributed by atoms with Gasteiger partial charge in [0.25, 0.3) is 10.0 Å². The molecule has 2 aromatic rings. The minimum atomic E-state index is -3.83. The van der Waals surface area contributed by atoms with E-state index in [1.165, 1.54) is 43.5 Å². The minimum absolute atomic E-state index is 0.0401. The summed E-state index contributed by atoms with van der Waals surface area (Å²) in [6, 6.07) is 10.9. The van der Waals surface area contributed by atoms with Crippen molar-refractivity contribution in [1.82, 2.24) is 0 Å². The van der Waals surface area contributed by atoms with E-state index in [2.05, 4.69) is 11.3 Å². The summed E-state index contributed by atoms with van der Waals surface area (Å²) in [5, 5.41) is 0.182. The fourth-order valence-corrected chi connectivity index (χ4v) is 3.85. The molecular formula is C18H18ClNO4S. The maximum atomic E-state index is 13.0. The Morgan fingerprint density at radius 1 is 1.24 bits per heavy atom. The van der Waals surface area contributed by atoms with E-state index in [4.69, 9.17) is 11.6 Å². The molecule has 7 heteroatoms. The second-order valence-corrected chi connectivity index (χ2v) is 7.56. The number of nitrogens with zero attached hydrogens (tertiary/aromatic N) is 1. The summed E-state index contributed by atoms with van der Waals surface area (Å²) >= 11 is 6.01. The second-order valence-electron chi connectivity index (χ2n) is 5.29. The highest BCUT2D eigenvalue weighted by molar-refractivity contribution is 7.92. The van der Waals surface area contributed by atoms with Gasteiger partial charge in [0.2, 0.25) is 0 Å². The molecule has 2 aromatic carbocycles. The number of methoxy groups -OCH3 is 1. The SMILES string of the molecule is C=CCN(c1ccc(Cl)c(C(=O)OC)c1)S(=O)(=O)c1ccc(C)cc1. The Kier molecular flexibility index (Phi) is 5.87. The van der Waals surface area contributed by atoms with Gasteiger partial charge in [-0.1, -0.05) is 35.4 Å². The molecule has 0 bridgehead atoms. The van der Waals surface area contributed by atoms with Crippen LogP contribution in [-0.2, 0) is 14.8 Å². The molecule has 0 fully saturated rings. The van der Waals surface area contributed by atoms with Gasteiger partial charge in [-0.05, 0) is 37.3 Å². The Morgan fingerprint density at radius 3 is 2.44 bits per heavy atom. The first-order valence-corrected chi connectivity index (χ1v) is 9.21. The maximum absolute atomic E-state index is 13.0. The van der Waals surface area contributed by atoms with E-state index in [-0.39, 0.29) is 22.0 Å². The van der Waals surface area contributed by atoms with E-state index in [9.17, 15) is 13.2 Å². The number of halogens is 1. The number of anilines is 1. The summed E-state index contributed by atoms with van der Waals surface area (Å²) in [5.74, 6) is -0.641. The molecule has 0 aromatic heterocycles. The molecule has 0 spiro atoms. The van der Waals surface area contributed by atoms with Crippen LogP contribution >= 0.6 is 11.6 Å². The number of benzene rings is 2. The van der Waals surface area contributed by atoms with Crippen molar-refractivity contribution < 1.29 is 17.9 Å². The Bertz CT molecular complexity index is 892. The van der Waals surface area contributed by atoms with Crippen LogP contribution in [0.15, 0.2) is 60.0 Å². The maximum Gasteiger partial charge on any atom is 0.339 e. The quantitative estimate of drug-likeness (QED) is 0.565. The van der Waals surface area contributed by atoms with Gasteiger partial charge < -0.3 is 4.74 Å². The van der Waals surface area contributed by atoms with Crippen LogP contribution in [0.5, 0.6) is 0 Å². The van der Waals surface area contributed by atoms with Gasteiger partial charge in [0, 0.05) is 0 Å². The van der Waals surface area contributed by atoms with Crippen LogP contribution in [0.1, 0.15) is 15.9 Å². The first-order chi connectivity index (χ1) is 11.8. The van der Waals surface area contributed by atoms with Crippen LogP contribution in [0.25, 0.3) is 0 Å². The number of aryl methyl sites for hydroxylation is 1. The van der Waals surface area contributed by atoms with E-state index in [0.29, 0.717) is 5.69 Å². The normalized spacial score (nSPS) is 11.0. The average Bonchev–Trinajstić information content (AvgIpc) is 2.60. The van der Waals surface area contributed by atoms with Crippen LogP contribution in [0.4, 0.5) is 5.69 Å². The van der Waals surface area contributed by atoms with Crippen molar-refractivity contribution in [3.8, 4) is 0 Å². The summed E-state index contributed by atoms with van der Waals surface area (Å²) in [5.41, 5.74) is 1.34. The van der Waals surface area contributed by atoms with Crippen molar-refractivity contribution in [1.29, 1.82) is 0 Å². The molecule has 0 unspecified atom stereocenters. The zero-order valence-corrected chi connectivity index (χ0v) is 15.5. The van der Waals surface area contributed by atoms with Gasteiger partial charge in [0.05, 0.1) is 34.8 Å². The monoisotopic (exact) mass is 379 g/mol. The highest BCUT2D eigenvalue weighted by Gasteiger charge is 2.25. The summed E-state index contributed by atoms with van der Waals surface area (Å²) in [6.45, 7) is 5.53. The molecule has 0 heterocycles. The van der Waals surface area contributed by atoms with Crippen molar-refractivity contribution >= 4 is 33.3 Å². The molecule has 0 radical (unpaired) electrons. The van der Waals surface area contributed by atoms with E-state index < -0.39 is 16.0 Å². The number of hydrogen-bond acceptors (Lipinski definition) is 4. The van der Waals surface area contributed by atoms with E-state index >= 15 is 0 Å². The zero-order chi connectivity index (χ0) is 18.6. The van der Waals surface area contributed by atoms with E-state index in [0.717, 1.165) is 9.87 Å². The summed E-state index contributed by atoms with van der Waals surface area (Å²) < 4.78 is 31.8. The van der Waals surface area contributed by atoms with Gasteiger partial charge in [0.15, 0.2) is 0 Å². The number of carbonyl (C=O) groups is 1. The molecule has 25 heavy (non-hydrogen) atoms. The third-order valence-electron chi connectivity index (χ3n) is 3.55. The minimum Gasteiger partial charge on any atom is -0.465 e. The third-order valence-corrected chi connectivity index (χ3v) is 5.68. The van der Waals surface area contributed by atoms with Crippen molar-refractivity contribution in [3.63, 3.8) is 0 Å². The number of carbonyl (C=O) groups excluding carboxylic acids is 1. The van der Waals surface area contributed by atoms with Crippen molar-refractivity contribution in [2.75, 3.05) is 18.0 Å². The zero-order valence-electron chi connectivity index (χ0n) is 13.9. The number of esters is 1. The van der Waals surface area contributed by atoms with Crippen LogP contribution in [0, 0.1) is 6.92 Å². The lowest BCUT2D eigenvalue weighted by Gasteiger charge is -2.24. The molecule has 5 nitrogen and oxygen atoms in total. The summed E-state index contributed by atoms with van der Waals surface area (Å²) in [4.78, 5) is 12.0. The van der Waals surface area contributed by atoms with Gasteiger partial charge in [-0.25, -0.2) is 13.2 Å². The molecule has 0 N–H and O–H groups in total. The molecule has 0 aliphatic heterocycles. The highest BCUT2D eigenvalue weighted by atomic mass is 35.5. The fraction of sp³-hybridized carbons (Fsp3) is 0.167. The third kappa shape index (κ3) is 4.03. The first-order valence-electron chi connectivity index (χ1n) is 7.39. The molecule has 2 rings (SSSR count). The van der Waals surface area contributed by atoms with E-state index in [1.807, 2.05) is 6.92 Å². The van der Waals surface area contributed by atoms with Gasteiger partial charge >= 0.3 is 5.97 Å². The predicted molar refractivity (Wildman–Crippen MR) is 98.7 cm³/mol. The average molecular weight is 380 g/mol. The summed E-state index contributed by atoms with van der Waals surface area (Å²) in [6.07, 6.45) is 1.47. The van der Waals surface area contributed by atoms with Crippen molar-refractivity contribution in [2.45, 2.75) is 11.8 Å². The van der Waals surface area contributed by atoms with Crippen molar-refractivity contribution in [3.05, 3.63) is 71.3 Å². The Balaban J connectivity index is 2.56. The number of hydrogen-bond donors (Lipinski definition) is 0. The number of ether oxygens (including phenoxy) is 1. The molecule has 0 saturated carbocycles. The topological polar surface area (TPSA) is 63.7 Å². The van der Waals surface area contributed by atoms with Crippen LogP contribution in [0.2, 0.25) is 5.02 Å². The molecule has 0 saturated heterocycles. The summed E-state index contributed by atoms with van der Waals surface area (Å²) in [7, 11) is -2.60. The molecule has 0 aliphatic rings. The second kappa shape index (κ2) is 7.72. The van der Waals surface area contributed by atoms with Gasteiger partial charge in [-0.3, -0.25) is 4.31 Å². The standard InChI is InChI=1S/C18H18ClNO4S/c1-4-11-20(25(22,23)15-8-5-13(2)6-9-15)14-7-10-17(19)16(12-14)18(21)24-3/h4-10,12H,1,11H2,2-3H3. The van der Waals surface area contributed by atoms with E-state index in [1.54, 1.807) is 12.1 Å².